The monoisotopic (exact) mass is 267 g/mol. The molecule has 1 aromatic rings. The van der Waals surface area contributed by atoms with Crippen LogP contribution in [0.3, 0.4) is 0 Å². The smallest absolute Gasteiger partial charge is 0.147 e. The summed E-state index contributed by atoms with van der Waals surface area (Å²) in [7, 11) is 4.01. The Balaban J connectivity index is 2.02. The minimum Gasteiger partial charge on any atom is -0.358 e. The van der Waals surface area contributed by atoms with Gasteiger partial charge in [0.1, 0.15) is 5.82 Å². The van der Waals surface area contributed by atoms with Crippen LogP contribution in [-0.4, -0.2) is 25.6 Å². The van der Waals surface area contributed by atoms with Gasteiger partial charge < -0.3 is 10.2 Å². The second-order valence-corrected chi connectivity index (χ2v) is 5.62. The molecule has 0 unspecified atom stereocenters. The van der Waals surface area contributed by atoms with Crippen molar-refractivity contribution in [1.29, 1.82) is 0 Å². The first kappa shape index (κ1) is 13.6. The average Bonchev–Trinajstić information content (AvgIpc) is 2.82. The number of pyridine rings is 1. The van der Waals surface area contributed by atoms with Gasteiger partial charge in [-0.1, -0.05) is 24.4 Å². The highest BCUT2D eigenvalue weighted by Crippen LogP contribution is 2.29. The fourth-order valence-electron chi connectivity index (χ4n) is 2.72. The minimum atomic E-state index is 0.753. The zero-order valence-corrected chi connectivity index (χ0v) is 12.0. The first-order chi connectivity index (χ1) is 8.70. The van der Waals surface area contributed by atoms with Crippen molar-refractivity contribution in [3.8, 4) is 0 Å². The molecule has 0 amide bonds. The Bertz CT molecular complexity index is 389. The highest BCUT2D eigenvalue weighted by Gasteiger charge is 2.18. The van der Waals surface area contributed by atoms with E-state index in [0.717, 1.165) is 35.4 Å². The van der Waals surface area contributed by atoms with Crippen LogP contribution in [-0.2, 0) is 6.54 Å². The lowest BCUT2D eigenvalue weighted by Gasteiger charge is -2.23. The zero-order valence-electron chi connectivity index (χ0n) is 11.2. The van der Waals surface area contributed by atoms with E-state index in [9.17, 15) is 0 Å². The van der Waals surface area contributed by atoms with Crippen LogP contribution in [0.4, 0.5) is 5.82 Å². The van der Waals surface area contributed by atoms with Gasteiger partial charge in [0.25, 0.3) is 0 Å². The fourth-order valence-corrected chi connectivity index (χ4v) is 3.05. The van der Waals surface area contributed by atoms with E-state index in [1.54, 1.807) is 0 Å². The number of halogens is 1. The molecule has 1 heterocycles. The lowest BCUT2D eigenvalue weighted by atomic mass is 10.1. The quantitative estimate of drug-likeness (QED) is 0.889. The van der Waals surface area contributed by atoms with E-state index in [4.69, 9.17) is 11.6 Å². The van der Waals surface area contributed by atoms with Crippen LogP contribution < -0.4 is 10.2 Å². The highest BCUT2D eigenvalue weighted by atomic mass is 35.5. The first-order valence-electron chi connectivity index (χ1n) is 6.71. The molecule has 4 heteroatoms. The average molecular weight is 268 g/mol. The third-order valence-corrected chi connectivity index (χ3v) is 3.91. The minimum absolute atomic E-state index is 0.753. The molecule has 0 aromatic carbocycles. The number of anilines is 1. The Kier molecular flexibility index (Phi) is 4.84. The topological polar surface area (TPSA) is 28.2 Å². The molecule has 1 aliphatic rings. The van der Waals surface area contributed by atoms with Gasteiger partial charge in [0.15, 0.2) is 0 Å². The van der Waals surface area contributed by atoms with Crippen LogP contribution in [0.25, 0.3) is 0 Å². The summed E-state index contributed by atoms with van der Waals surface area (Å²) in [6, 6.07) is 2.01. The summed E-state index contributed by atoms with van der Waals surface area (Å²) in [6.45, 7) is 1.87. The molecular weight excluding hydrogens is 246 g/mol. The molecule has 18 heavy (non-hydrogen) atoms. The SMILES string of the molecule is CNCc1cnc(N(C)CC2CCCC2)c(Cl)c1. The summed E-state index contributed by atoms with van der Waals surface area (Å²) in [5.74, 6) is 1.72. The van der Waals surface area contributed by atoms with E-state index in [2.05, 4.69) is 22.2 Å². The maximum atomic E-state index is 6.31. The molecule has 1 saturated carbocycles. The van der Waals surface area contributed by atoms with E-state index in [-0.39, 0.29) is 0 Å². The summed E-state index contributed by atoms with van der Waals surface area (Å²) in [6.07, 6.45) is 7.35. The Morgan fingerprint density at radius 3 is 2.78 bits per heavy atom. The number of nitrogens with one attached hydrogen (secondary N) is 1. The molecule has 1 N–H and O–H groups in total. The fraction of sp³-hybridized carbons (Fsp3) is 0.643. The Morgan fingerprint density at radius 2 is 2.17 bits per heavy atom. The van der Waals surface area contributed by atoms with Gasteiger partial charge in [-0.2, -0.15) is 0 Å². The third kappa shape index (κ3) is 3.36. The van der Waals surface area contributed by atoms with Crippen LogP contribution >= 0.6 is 11.6 Å². The number of rotatable bonds is 5. The summed E-state index contributed by atoms with van der Waals surface area (Å²) >= 11 is 6.31. The third-order valence-electron chi connectivity index (χ3n) is 3.63. The molecule has 1 aliphatic carbocycles. The van der Waals surface area contributed by atoms with Crippen molar-refractivity contribution >= 4 is 17.4 Å². The van der Waals surface area contributed by atoms with Crippen LogP contribution in [0.2, 0.25) is 5.02 Å². The van der Waals surface area contributed by atoms with E-state index < -0.39 is 0 Å². The van der Waals surface area contributed by atoms with E-state index in [1.165, 1.54) is 25.7 Å². The van der Waals surface area contributed by atoms with Crippen molar-refractivity contribution in [2.24, 2.45) is 5.92 Å². The van der Waals surface area contributed by atoms with Gasteiger partial charge in [-0.3, -0.25) is 0 Å². The second kappa shape index (κ2) is 6.39. The summed E-state index contributed by atoms with van der Waals surface area (Å²) in [5.41, 5.74) is 1.13. The molecule has 0 spiro atoms. The first-order valence-corrected chi connectivity index (χ1v) is 7.08. The summed E-state index contributed by atoms with van der Waals surface area (Å²) in [5, 5.41) is 3.86. The molecule has 0 aliphatic heterocycles. The van der Waals surface area contributed by atoms with E-state index in [0.29, 0.717) is 0 Å². The Morgan fingerprint density at radius 1 is 1.44 bits per heavy atom. The van der Waals surface area contributed by atoms with Gasteiger partial charge in [0.2, 0.25) is 0 Å². The van der Waals surface area contributed by atoms with Crippen molar-refractivity contribution in [3.05, 3.63) is 22.8 Å². The van der Waals surface area contributed by atoms with Crippen molar-refractivity contribution in [2.75, 3.05) is 25.5 Å². The number of hydrogen-bond acceptors (Lipinski definition) is 3. The van der Waals surface area contributed by atoms with Gasteiger partial charge in [0.05, 0.1) is 5.02 Å². The molecule has 0 bridgehead atoms. The molecule has 0 saturated heterocycles. The largest absolute Gasteiger partial charge is 0.358 e. The summed E-state index contributed by atoms with van der Waals surface area (Å²) < 4.78 is 0. The Labute approximate surface area is 115 Å². The lowest BCUT2D eigenvalue weighted by Crippen LogP contribution is -2.25. The molecule has 1 fully saturated rings. The Hall–Kier alpha value is -0.800. The summed E-state index contributed by atoms with van der Waals surface area (Å²) in [4.78, 5) is 6.69. The van der Waals surface area contributed by atoms with Crippen molar-refractivity contribution in [1.82, 2.24) is 10.3 Å². The van der Waals surface area contributed by atoms with E-state index in [1.807, 2.05) is 19.3 Å². The molecule has 100 valence electrons. The van der Waals surface area contributed by atoms with Gasteiger partial charge in [-0.25, -0.2) is 4.98 Å². The molecule has 1 aromatic heterocycles. The van der Waals surface area contributed by atoms with E-state index >= 15 is 0 Å². The molecule has 3 nitrogen and oxygen atoms in total. The highest BCUT2D eigenvalue weighted by molar-refractivity contribution is 6.33. The van der Waals surface area contributed by atoms with Crippen molar-refractivity contribution in [3.63, 3.8) is 0 Å². The number of aromatic nitrogens is 1. The van der Waals surface area contributed by atoms with Crippen molar-refractivity contribution in [2.45, 2.75) is 32.2 Å². The maximum Gasteiger partial charge on any atom is 0.147 e. The predicted molar refractivity (Wildman–Crippen MR) is 77.2 cm³/mol. The molecule has 2 rings (SSSR count). The van der Waals surface area contributed by atoms with Gasteiger partial charge in [0, 0.05) is 26.3 Å². The predicted octanol–water partition coefficient (Wildman–Crippen LogP) is 3.08. The second-order valence-electron chi connectivity index (χ2n) is 5.21. The number of hydrogen-bond donors (Lipinski definition) is 1. The lowest BCUT2D eigenvalue weighted by molar-refractivity contribution is 0.545. The molecule has 0 atom stereocenters. The van der Waals surface area contributed by atoms with Gasteiger partial charge in [-0.15, -0.1) is 0 Å². The van der Waals surface area contributed by atoms with Crippen LogP contribution in [0, 0.1) is 5.92 Å². The zero-order chi connectivity index (χ0) is 13.0. The standard InChI is InChI=1S/C14H22ClN3/c1-16-8-12-7-13(15)14(17-9-12)18(2)10-11-5-3-4-6-11/h7,9,11,16H,3-6,8,10H2,1-2H3. The van der Waals surface area contributed by atoms with Crippen LogP contribution in [0.15, 0.2) is 12.3 Å². The van der Waals surface area contributed by atoms with Crippen molar-refractivity contribution < 1.29 is 0 Å². The molecular formula is C14H22ClN3. The maximum absolute atomic E-state index is 6.31. The van der Waals surface area contributed by atoms with Gasteiger partial charge in [-0.05, 0) is 37.4 Å². The normalized spacial score (nSPS) is 16.2. The molecule has 0 radical (unpaired) electrons. The number of nitrogens with zero attached hydrogens (tertiary/aromatic N) is 2. The van der Waals surface area contributed by atoms with Gasteiger partial charge >= 0.3 is 0 Å². The van der Waals surface area contributed by atoms with Crippen LogP contribution in [0.5, 0.6) is 0 Å². The van der Waals surface area contributed by atoms with Crippen LogP contribution in [0.1, 0.15) is 31.2 Å².